The number of ketones is 1. The molecule has 4 heteroatoms. The molecule has 3 nitrogen and oxygen atoms in total. The van der Waals surface area contributed by atoms with Gasteiger partial charge in [0.05, 0.1) is 7.11 Å². The molecule has 0 atom stereocenters. The van der Waals surface area contributed by atoms with Crippen molar-refractivity contribution >= 4 is 29.4 Å². The topological polar surface area (TPSA) is 43.4 Å². The number of hydrogen-bond acceptors (Lipinski definition) is 3. The summed E-state index contributed by atoms with van der Waals surface area (Å²) in [6.45, 7) is 10.3. The minimum absolute atomic E-state index is 0.0470. The number of halogens is 1. The number of rotatable bonds is 9. The molecular formula is C25H39ClO3. The highest BCUT2D eigenvalue weighted by Crippen LogP contribution is 2.10. The van der Waals surface area contributed by atoms with Gasteiger partial charge in [-0.15, -0.1) is 0 Å². The standard InChI is InChI=1S/C12H11ClO.C8H16O2.C5H12/c1-10(14)4-2-3-5-11-6-8-12(13)9-7-11;1-3-4-5-6-7-8(9)10-2;1-4-5(2)3/h2-9H,1H3;3-7H2,1-2H3;5H,4H2,1-3H3/b4-2+,5-3+;;. The van der Waals surface area contributed by atoms with Crippen molar-refractivity contribution in [1.29, 1.82) is 0 Å². The van der Waals surface area contributed by atoms with E-state index in [1.165, 1.54) is 39.4 Å². The first kappa shape index (κ1) is 29.3. The molecule has 0 aliphatic carbocycles. The van der Waals surface area contributed by atoms with Crippen molar-refractivity contribution in [2.45, 2.75) is 73.1 Å². The van der Waals surface area contributed by atoms with Gasteiger partial charge in [-0.1, -0.05) is 95.3 Å². The second kappa shape index (κ2) is 20.9. The molecule has 1 aromatic carbocycles. The summed E-state index contributed by atoms with van der Waals surface area (Å²) in [7, 11) is 1.43. The second-order valence-electron chi connectivity index (χ2n) is 7.07. The molecule has 0 aromatic heterocycles. The van der Waals surface area contributed by atoms with Crippen LogP contribution < -0.4 is 0 Å². The Morgan fingerprint density at radius 1 is 1.03 bits per heavy atom. The number of allylic oxidation sites excluding steroid dienone is 3. The van der Waals surface area contributed by atoms with Crippen molar-refractivity contribution in [2.24, 2.45) is 5.92 Å². The normalized spacial score (nSPS) is 10.3. The van der Waals surface area contributed by atoms with Gasteiger partial charge < -0.3 is 4.74 Å². The predicted octanol–water partition coefficient (Wildman–Crippen LogP) is 7.68. The largest absolute Gasteiger partial charge is 0.469 e. The van der Waals surface area contributed by atoms with Crippen LogP contribution in [-0.2, 0) is 14.3 Å². The lowest BCUT2D eigenvalue weighted by Gasteiger charge is -1.97. The maximum Gasteiger partial charge on any atom is 0.305 e. The van der Waals surface area contributed by atoms with Gasteiger partial charge in [0.15, 0.2) is 5.78 Å². The summed E-state index contributed by atoms with van der Waals surface area (Å²) in [5.41, 5.74) is 1.06. The Hall–Kier alpha value is -1.87. The summed E-state index contributed by atoms with van der Waals surface area (Å²) in [6, 6.07) is 7.49. The first-order valence-corrected chi connectivity index (χ1v) is 10.8. The molecule has 0 bridgehead atoms. The summed E-state index contributed by atoms with van der Waals surface area (Å²) in [5, 5.41) is 0.724. The van der Waals surface area contributed by atoms with E-state index in [0.29, 0.717) is 6.42 Å². The minimum atomic E-state index is -0.0869. The molecule has 1 rings (SSSR count). The number of esters is 1. The second-order valence-corrected chi connectivity index (χ2v) is 7.51. The van der Waals surface area contributed by atoms with E-state index in [0.717, 1.165) is 29.3 Å². The summed E-state index contributed by atoms with van der Waals surface area (Å²) >= 11 is 5.73. The van der Waals surface area contributed by atoms with Gasteiger partial charge in [0.1, 0.15) is 0 Å². The Morgan fingerprint density at radius 2 is 1.62 bits per heavy atom. The Morgan fingerprint density at radius 3 is 2.07 bits per heavy atom. The van der Waals surface area contributed by atoms with E-state index in [4.69, 9.17) is 11.6 Å². The molecule has 164 valence electrons. The van der Waals surface area contributed by atoms with Crippen LogP contribution in [0.25, 0.3) is 6.08 Å². The zero-order valence-electron chi connectivity index (χ0n) is 19.0. The van der Waals surface area contributed by atoms with E-state index in [1.807, 2.05) is 36.4 Å². The van der Waals surface area contributed by atoms with Gasteiger partial charge in [-0.25, -0.2) is 0 Å². The fourth-order valence-corrected chi connectivity index (χ4v) is 1.86. The van der Waals surface area contributed by atoms with Crippen molar-refractivity contribution in [3.63, 3.8) is 0 Å². The molecule has 1 aromatic rings. The first-order valence-electron chi connectivity index (χ1n) is 10.4. The van der Waals surface area contributed by atoms with Gasteiger partial charge in [-0.2, -0.15) is 0 Å². The maximum absolute atomic E-state index is 10.6. The van der Waals surface area contributed by atoms with Crippen molar-refractivity contribution in [3.05, 3.63) is 53.1 Å². The molecule has 0 N–H and O–H groups in total. The Bertz CT molecular complexity index is 587. The van der Waals surface area contributed by atoms with E-state index in [9.17, 15) is 9.59 Å². The fourth-order valence-electron chi connectivity index (χ4n) is 1.73. The van der Waals surface area contributed by atoms with Gasteiger partial charge >= 0.3 is 5.97 Å². The molecule has 0 aliphatic heterocycles. The first-order chi connectivity index (χ1) is 13.8. The van der Waals surface area contributed by atoms with Crippen LogP contribution in [0.4, 0.5) is 0 Å². The van der Waals surface area contributed by atoms with E-state index >= 15 is 0 Å². The maximum atomic E-state index is 10.6. The highest BCUT2D eigenvalue weighted by atomic mass is 35.5. The zero-order valence-corrected chi connectivity index (χ0v) is 19.8. The molecule has 0 spiro atoms. The van der Waals surface area contributed by atoms with Crippen LogP contribution in [-0.4, -0.2) is 18.9 Å². The van der Waals surface area contributed by atoms with Gasteiger partial charge in [0, 0.05) is 11.4 Å². The number of carbonyl (C=O) groups excluding carboxylic acids is 2. The van der Waals surface area contributed by atoms with Crippen molar-refractivity contribution in [2.75, 3.05) is 7.11 Å². The number of methoxy groups -OCH3 is 1. The monoisotopic (exact) mass is 422 g/mol. The molecule has 0 saturated heterocycles. The lowest BCUT2D eigenvalue weighted by molar-refractivity contribution is -0.140. The van der Waals surface area contributed by atoms with Crippen molar-refractivity contribution in [1.82, 2.24) is 0 Å². The molecule has 0 aliphatic rings. The van der Waals surface area contributed by atoms with Gasteiger partial charge in [0.2, 0.25) is 0 Å². The molecule has 0 unspecified atom stereocenters. The average molecular weight is 423 g/mol. The highest BCUT2D eigenvalue weighted by Gasteiger charge is 1.97. The third kappa shape index (κ3) is 24.1. The van der Waals surface area contributed by atoms with E-state index in [2.05, 4.69) is 32.4 Å². The number of hydrogen-bond donors (Lipinski definition) is 0. The van der Waals surface area contributed by atoms with Crippen molar-refractivity contribution < 1.29 is 14.3 Å². The molecule has 0 amide bonds. The van der Waals surface area contributed by atoms with Crippen LogP contribution in [0.2, 0.25) is 5.02 Å². The molecule has 0 radical (unpaired) electrons. The number of ether oxygens (including phenoxy) is 1. The zero-order chi connectivity index (χ0) is 22.5. The third-order valence-electron chi connectivity index (χ3n) is 3.88. The highest BCUT2D eigenvalue weighted by molar-refractivity contribution is 6.30. The summed E-state index contributed by atoms with van der Waals surface area (Å²) in [4.78, 5) is 21.1. The molecule has 0 heterocycles. The van der Waals surface area contributed by atoms with E-state index in [1.54, 1.807) is 6.08 Å². The van der Waals surface area contributed by atoms with E-state index in [-0.39, 0.29) is 11.8 Å². The van der Waals surface area contributed by atoms with Gasteiger partial charge in [-0.3, -0.25) is 9.59 Å². The van der Waals surface area contributed by atoms with Crippen LogP contribution in [0.5, 0.6) is 0 Å². The third-order valence-corrected chi connectivity index (χ3v) is 4.13. The van der Waals surface area contributed by atoms with Crippen LogP contribution >= 0.6 is 11.6 Å². The van der Waals surface area contributed by atoms with Gasteiger partial charge in [0.25, 0.3) is 0 Å². The van der Waals surface area contributed by atoms with Crippen LogP contribution in [0, 0.1) is 5.92 Å². The summed E-state index contributed by atoms with van der Waals surface area (Å²) in [6.07, 6.45) is 13.4. The minimum Gasteiger partial charge on any atom is -0.469 e. The van der Waals surface area contributed by atoms with Gasteiger partial charge in [-0.05, 0) is 43.0 Å². The number of benzene rings is 1. The summed E-state index contributed by atoms with van der Waals surface area (Å²) in [5.74, 6) is 0.844. The quantitative estimate of drug-likeness (QED) is 0.177. The summed E-state index contributed by atoms with van der Waals surface area (Å²) < 4.78 is 4.49. The number of carbonyl (C=O) groups is 2. The predicted molar refractivity (Wildman–Crippen MR) is 126 cm³/mol. The SMILES string of the molecule is CC(=O)/C=C/C=C/c1ccc(Cl)cc1.CCC(C)C.CCCCCCC(=O)OC. The van der Waals surface area contributed by atoms with Crippen LogP contribution in [0.1, 0.15) is 78.7 Å². The molecule has 29 heavy (non-hydrogen) atoms. The van der Waals surface area contributed by atoms with Crippen molar-refractivity contribution in [3.8, 4) is 0 Å². The lowest BCUT2D eigenvalue weighted by atomic mass is 10.2. The fraction of sp³-hybridized carbons (Fsp3) is 0.520. The molecule has 0 saturated carbocycles. The van der Waals surface area contributed by atoms with Crippen LogP contribution in [0.3, 0.4) is 0 Å². The average Bonchev–Trinajstić information content (AvgIpc) is 2.70. The Kier molecular flexibility index (Phi) is 21.1. The Balaban J connectivity index is 0. The van der Waals surface area contributed by atoms with E-state index < -0.39 is 0 Å². The molecular weight excluding hydrogens is 384 g/mol. The number of unbranched alkanes of at least 4 members (excludes halogenated alkanes) is 3. The smallest absolute Gasteiger partial charge is 0.305 e. The lowest BCUT2D eigenvalue weighted by Crippen LogP contribution is -1.98. The Labute approximate surface area is 183 Å². The van der Waals surface area contributed by atoms with Crippen LogP contribution in [0.15, 0.2) is 42.5 Å². The molecule has 0 fully saturated rings.